The lowest BCUT2D eigenvalue weighted by atomic mass is 9.91. The van der Waals surface area contributed by atoms with Crippen LogP contribution in [-0.2, 0) is 25.6 Å². The molecule has 0 aliphatic rings. The molecule has 1 unspecified atom stereocenters. The Morgan fingerprint density at radius 3 is 1.92 bits per heavy atom. The molecule has 214 valence electrons. The first-order valence-electron chi connectivity index (χ1n) is 11.7. The lowest BCUT2D eigenvalue weighted by Crippen LogP contribution is -2.51. The minimum absolute atomic E-state index is 0.0340. The van der Waals surface area contributed by atoms with Crippen LogP contribution in [-0.4, -0.2) is 115 Å². The largest absolute Gasteiger partial charge is 0.480 e. The molecule has 1 atom stereocenters. The van der Waals surface area contributed by atoms with Gasteiger partial charge in [-0.15, -0.1) is 0 Å². The van der Waals surface area contributed by atoms with Crippen molar-refractivity contribution in [2.45, 2.75) is 38.8 Å². The average molecular weight is 569 g/mol. The van der Waals surface area contributed by atoms with E-state index < -0.39 is 60.6 Å². The summed E-state index contributed by atoms with van der Waals surface area (Å²) in [4.78, 5) is 63.3. The molecule has 1 rings (SSSR count). The van der Waals surface area contributed by atoms with E-state index in [1.54, 1.807) is 38.1 Å². The van der Waals surface area contributed by atoms with Crippen molar-refractivity contribution in [3.8, 4) is 0 Å². The van der Waals surface area contributed by atoms with Crippen LogP contribution in [0.4, 0.5) is 10.5 Å². The van der Waals surface area contributed by atoms with Crippen LogP contribution < -0.4 is 5.32 Å². The molecule has 1 aromatic carbocycles. The molecule has 0 bridgehead atoms. The first-order chi connectivity index (χ1) is 18.1. The number of nitrogens with zero attached hydrogens (tertiary/aromatic N) is 3. The number of aliphatic imine (C=N–C) groups is 1. The lowest BCUT2D eigenvalue weighted by molar-refractivity contribution is -0.151. The van der Waals surface area contributed by atoms with Gasteiger partial charge < -0.3 is 30.4 Å². The van der Waals surface area contributed by atoms with Gasteiger partial charge in [0.25, 0.3) is 0 Å². The molecule has 0 aliphatic carbocycles. The Bertz CT molecular complexity index is 1060. The second-order valence-electron chi connectivity index (χ2n) is 9.64. The van der Waals surface area contributed by atoms with E-state index in [-0.39, 0.29) is 32.5 Å². The maximum atomic E-state index is 12.0. The quantitative estimate of drug-likeness (QED) is 0.0837. The Labute approximate surface area is 229 Å². The summed E-state index contributed by atoms with van der Waals surface area (Å²) in [5.41, 5.74) is 0.367. The number of benzene rings is 1. The zero-order chi connectivity index (χ0) is 29.8. The minimum Gasteiger partial charge on any atom is -0.480 e. The van der Waals surface area contributed by atoms with Gasteiger partial charge in [-0.05, 0) is 48.2 Å². The molecule has 1 aromatic rings. The number of aliphatic carboxylic acids is 4. The SMILES string of the molecule is CC(C)(CN(CC(=O)O)CC(=O)O)CN(CCC(Cc1ccc(N=C=S)cc1)NC(C(=O)O)C(=O)O)C(=O)O. The number of rotatable bonds is 18. The van der Waals surface area contributed by atoms with Crippen LogP contribution in [0.15, 0.2) is 29.3 Å². The van der Waals surface area contributed by atoms with Gasteiger partial charge in [0.1, 0.15) is 0 Å². The normalized spacial score (nSPS) is 12.0. The monoisotopic (exact) mass is 568 g/mol. The number of isothiocyanates is 1. The third kappa shape index (κ3) is 12.9. The number of hydrogen-bond donors (Lipinski definition) is 6. The number of nitrogens with one attached hydrogen (secondary N) is 1. The van der Waals surface area contributed by atoms with Crippen LogP contribution in [0.3, 0.4) is 0 Å². The topological polar surface area (TPSA) is 217 Å². The van der Waals surface area contributed by atoms with E-state index in [0.717, 1.165) is 4.90 Å². The number of thiocarbonyl (C=S) groups is 1. The van der Waals surface area contributed by atoms with Gasteiger partial charge in [0.05, 0.1) is 23.9 Å². The summed E-state index contributed by atoms with van der Waals surface area (Å²) in [6.07, 6.45) is -1.10. The van der Waals surface area contributed by atoms with Crippen LogP contribution in [0.25, 0.3) is 0 Å². The van der Waals surface area contributed by atoms with Crippen molar-refractivity contribution in [1.29, 1.82) is 0 Å². The number of carbonyl (C=O) groups is 5. The standard InChI is InChI=1S/C24H32N4O10S/c1-24(2,12-27(10-18(29)30)11-19(31)32)13-28(23(37)38)8-7-17(26-20(21(33)34)22(35)36)9-15-3-5-16(6-4-15)25-14-39/h3-6,17,20,26H,7-13H2,1-2H3,(H,29,30)(H,31,32)(H,33,34)(H,35,36)(H,37,38). The van der Waals surface area contributed by atoms with Crippen molar-refractivity contribution in [2.24, 2.45) is 10.4 Å². The molecule has 1 amide bonds. The fraction of sp³-hybridized carbons (Fsp3) is 0.500. The highest BCUT2D eigenvalue weighted by Gasteiger charge is 2.31. The van der Waals surface area contributed by atoms with Crippen molar-refractivity contribution < 1.29 is 49.5 Å². The molecule has 39 heavy (non-hydrogen) atoms. The van der Waals surface area contributed by atoms with Gasteiger partial charge in [-0.2, -0.15) is 4.99 Å². The molecule has 0 spiro atoms. The van der Waals surface area contributed by atoms with E-state index in [0.29, 0.717) is 11.3 Å². The van der Waals surface area contributed by atoms with Crippen molar-refractivity contribution >= 4 is 53.0 Å². The molecule has 0 radical (unpaired) electrons. The summed E-state index contributed by atoms with van der Waals surface area (Å²) < 4.78 is 0. The number of carboxylic acids is 4. The fourth-order valence-corrected chi connectivity index (χ4v) is 4.15. The molecule has 0 aromatic heterocycles. The fourth-order valence-electron chi connectivity index (χ4n) is 4.05. The average Bonchev–Trinajstić information content (AvgIpc) is 2.79. The van der Waals surface area contributed by atoms with E-state index in [4.69, 9.17) is 10.2 Å². The Morgan fingerprint density at radius 1 is 0.949 bits per heavy atom. The summed E-state index contributed by atoms with van der Waals surface area (Å²) in [5, 5.41) is 51.4. The summed E-state index contributed by atoms with van der Waals surface area (Å²) in [6.45, 7) is 1.97. The van der Waals surface area contributed by atoms with Crippen LogP contribution in [0.5, 0.6) is 0 Å². The van der Waals surface area contributed by atoms with E-state index in [1.807, 2.05) is 0 Å². The number of carboxylic acid groups (broad SMARTS) is 5. The van der Waals surface area contributed by atoms with Gasteiger partial charge in [0.15, 0.2) is 0 Å². The highest BCUT2D eigenvalue weighted by molar-refractivity contribution is 7.78. The van der Waals surface area contributed by atoms with Crippen molar-refractivity contribution in [3.63, 3.8) is 0 Å². The Balaban J connectivity index is 3.08. The van der Waals surface area contributed by atoms with E-state index >= 15 is 0 Å². The highest BCUT2D eigenvalue weighted by Crippen LogP contribution is 2.21. The van der Waals surface area contributed by atoms with Gasteiger partial charge in [-0.25, -0.2) is 14.4 Å². The molecule has 0 aliphatic heterocycles. The van der Waals surface area contributed by atoms with Crippen molar-refractivity contribution in [1.82, 2.24) is 15.1 Å². The summed E-state index contributed by atoms with van der Waals surface area (Å²) in [7, 11) is 0. The molecule has 0 saturated carbocycles. The van der Waals surface area contributed by atoms with E-state index in [1.165, 1.54) is 4.90 Å². The maximum Gasteiger partial charge on any atom is 0.407 e. The predicted octanol–water partition coefficient (Wildman–Crippen LogP) is 1.33. The molecule has 6 N–H and O–H groups in total. The molecule has 15 heteroatoms. The summed E-state index contributed by atoms with van der Waals surface area (Å²) in [5.74, 6) is -5.67. The smallest absolute Gasteiger partial charge is 0.407 e. The van der Waals surface area contributed by atoms with Gasteiger partial charge in [0.2, 0.25) is 6.04 Å². The molecule has 0 heterocycles. The second-order valence-corrected chi connectivity index (χ2v) is 9.82. The van der Waals surface area contributed by atoms with E-state index in [9.17, 15) is 39.3 Å². The Morgan fingerprint density at radius 2 is 1.49 bits per heavy atom. The predicted molar refractivity (Wildman–Crippen MR) is 141 cm³/mol. The first-order valence-corrected chi connectivity index (χ1v) is 12.1. The highest BCUT2D eigenvalue weighted by atomic mass is 32.1. The van der Waals surface area contributed by atoms with Crippen LogP contribution >= 0.6 is 12.2 Å². The zero-order valence-corrected chi connectivity index (χ0v) is 22.3. The Hall–Kier alpha value is -3.91. The van der Waals surface area contributed by atoms with Crippen LogP contribution in [0, 0.1) is 5.41 Å². The molecule has 0 saturated heterocycles. The molecule has 0 fully saturated rings. The van der Waals surface area contributed by atoms with Gasteiger partial charge in [0, 0.05) is 25.7 Å². The summed E-state index contributed by atoms with van der Waals surface area (Å²) >= 11 is 4.56. The van der Waals surface area contributed by atoms with Crippen molar-refractivity contribution in [3.05, 3.63) is 29.8 Å². The molecular weight excluding hydrogens is 536 g/mol. The van der Waals surface area contributed by atoms with Gasteiger partial charge in [-0.1, -0.05) is 26.0 Å². The molecule has 14 nitrogen and oxygen atoms in total. The van der Waals surface area contributed by atoms with Crippen LogP contribution in [0.2, 0.25) is 0 Å². The van der Waals surface area contributed by atoms with Gasteiger partial charge in [-0.3, -0.25) is 19.8 Å². The Kier molecular flexibility index (Phi) is 13.2. The van der Waals surface area contributed by atoms with Gasteiger partial charge >= 0.3 is 30.0 Å². The third-order valence-electron chi connectivity index (χ3n) is 5.50. The minimum atomic E-state index is -1.93. The lowest BCUT2D eigenvalue weighted by Gasteiger charge is -2.35. The third-order valence-corrected chi connectivity index (χ3v) is 5.59. The number of hydrogen-bond acceptors (Lipinski definition) is 9. The van der Waals surface area contributed by atoms with Crippen LogP contribution in [0.1, 0.15) is 25.8 Å². The van der Waals surface area contributed by atoms with E-state index in [2.05, 4.69) is 27.7 Å². The zero-order valence-electron chi connectivity index (χ0n) is 21.4. The first kappa shape index (κ1) is 33.1. The van der Waals surface area contributed by atoms with Crippen molar-refractivity contribution in [2.75, 3.05) is 32.7 Å². The second kappa shape index (κ2) is 15.5. The summed E-state index contributed by atoms with van der Waals surface area (Å²) in [6, 6.07) is 3.97. The maximum absolute atomic E-state index is 12.0. The molecular formula is C24H32N4O10S. The number of amides is 1.